The lowest BCUT2D eigenvalue weighted by Gasteiger charge is -2.21. The van der Waals surface area contributed by atoms with Crippen LogP contribution in [-0.4, -0.2) is 19.0 Å². The highest BCUT2D eigenvalue weighted by Gasteiger charge is 2.15. The van der Waals surface area contributed by atoms with Crippen molar-refractivity contribution in [1.82, 2.24) is 5.32 Å². The van der Waals surface area contributed by atoms with Gasteiger partial charge in [-0.15, -0.1) is 11.6 Å². The van der Waals surface area contributed by atoms with E-state index in [1.165, 1.54) is 0 Å². The average Bonchev–Trinajstić information content (AvgIpc) is 1.59. The standard InChI is InChI=1S/C8H18ClN/c1-8(2,3)5-7(9)6-10-4/h7,10H,5-6H2,1-4H3. The summed E-state index contributed by atoms with van der Waals surface area (Å²) in [5.74, 6) is 0. The van der Waals surface area contributed by atoms with Gasteiger partial charge in [-0.3, -0.25) is 0 Å². The van der Waals surface area contributed by atoms with Gasteiger partial charge in [-0.2, -0.15) is 0 Å². The Morgan fingerprint density at radius 1 is 1.40 bits per heavy atom. The van der Waals surface area contributed by atoms with Crippen LogP contribution in [0.1, 0.15) is 27.2 Å². The Hall–Kier alpha value is 0.250. The molecule has 1 N–H and O–H groups in total. The Labute approximate surface area is 69.1 Å². The molecule has 0 fully saturated rings. The van der Waals surface area contributed by atoms with Crippen LogP contribution in [0.3, 0.4) is 0 Å². The van der Waals surface area contributed by atoms with Gasteiger partial charge in [-0.05, 0) is 18.9 Å². The predicted molar refractivity (Wildman–Crippen MR) is 47.6 cm³/mol. The first-order chi connectivity index (χ1) is 4.45. The van der Waals surface area contributed by atoms with Crippen LogP contribution >= 0.6 is 11.6 Å². The summed E-state index contributed by atoms with van der Waals surface area (Å²) in [6.45, 7) is 7.52. The molecule has 0 aromatic heterocycles. The summed E-state index contributed by atoms with van der Waals surface area (Å²) >= 11 is 6.00. The minimum atomic E-state index is 0.269. The molecule has 0 amide bonds. The second-order valence-corrected chi connectivity index (χ2v) is 4.54. The Morgan fingerprint density at radius 2 is 1.90 bits per heavy atom. The van der Waals surface area contributed by atoms with Gasteiger partial charge in [0.25, 0.3) is 0 Å². The molecular formula is C8H18ClN. The summed E-state index contributed by atoms with van der Waals surface area (Å²) in [6, 6.07) is 0. The summed E-state index contributed by atoms with van der Waals surface area (Å²) < 4.78 is 0. The van der Waals surface area contributed by atoms with Gasteiger partial charge in [0.05, 0.1) is 0 Å². The molecule has 0 spiro atoms. The van der Waals surface area contributed by atoms with Crippen LogP contribution in [0.25, 0.3) is 0 Å². The lowest BCUT2D eigenvalue weighted by atomic mass is 9.90. The fraction of sp³-hybridized carbons (Fsp3) is 1.00. The zero-order valence-corrected chi connectivity index (χ0v) is 8.13. The molecular weight excluding hydrogens is 146 g/mol. The lowest BCUT2D eigenvalue weighted by molar-refractivity contribution is 0.367. The maximum absolute atomic E-state index is 6.00. The van der Waals surface area contributed by atoms with Crippen LogP contribution in [0.4, 0.5) is 0 Å². The zero-order chi connectivity index (χ0) is 8.20. The Morgan fingerprint density at radius 3 is 2.20 bits per heavy atom. The molecule has 0 heterocycles. The fourth-order valence-electron chi connectivity index (χ4n) is 0.958. The van der Waals surface area contributed by atoms with Crippen molar-refractivity contribution in [3.05, 3.63) is 0 Å². The molecule has 62 valence electrons. The van der Waals surface area contributed by atoms with Crippen molar-refractivity contribution in [1.29, 1.82) is 0 Å². The van der Waals surface area contributed by atoms with Gasteiger partial charge >= 0.3 is 0 Å². The highest BCUT2D eigenvalue weighted by molar-refractivity contribution is 6.20. The van der Waals surface area contributed by atoms with Crippen molar-refractivity contribution in [2.24, 2.45) is 5.41 Å². The first-order valence-corrected chi connectivity index (χ1v) is 4.18. The lowest BCUT2D eigenvalue weighted by Crippen LogP contribution is -2.23. The van der Waals surface area contributed by atoms with E-state index in [0.717, 1.165) is 13.0 Å². The SMILES string of the molecule is CNCC(Cl)CC(C)(C)C. The molecule has 0 aromatic carbocycles. The number of alkyl halides is 1. The molecule has 0 aliphatic rings. The van der Waals surface area contributed by atoms with Crippen LogP contribution < -0.4 is 5.32 Å². The molecule has 10 heavy (non-hydrogen) atoms. The van der Waals surface area contributed by atoms with Gasteiger partial charge in [-0.25, -0.2) is 0 Å². The zero-order valence-electron chi connectivity index (χ0n) is 7.37. The van der Waals surface area contributed by atoms with Gasteiger partial charge in [-0.1, -0.05) is 20.8 Å². The number of halogens is 1. The maximum Gasteiger partial charge on any atom is 0.0465 e. The number of nitrogens with one attached hydrogen (secondary N) is 1. The molecule has 1 atom stereocenters. The summed E-state index contributed by atoms with van der Waals surface area (Å²) in [7, 11) is 1.93. The van der Waals surface area contributed by atoms with E-state index in [-0.39, 0.29) is 5.38 Å². The van der Waals surface area contributed by atoms with Crippen molar-refractivity contribution in [3.8, 4) is 0 Å². The smallest absolute Gasteiger partial charge is 0.0465 e. The highest BCUT2D eigenvalue weighted by atomic mass is 35.5. The topological polar surface area (TPSA) is 12.0 Å². The van der Waals surface area contributed by atoms with Crippen molar-refractivity contribution in [3.63, 3.8) is 0 Å². The van der Waals surface area contributed by atoms with Crippen LogP contribution in [0.15, 0.2) is 0 Å². The predicted octanol–water partition coefficient (Wildman–Crippen LogP) is 2.25. The Balaban J connectivity index is 3.47. The molecule has 0 saturated carbocycles. The monoisotopic (exact) mass is 163 g/mol. The van der Waals surface area contributed by atoms with Crippen LogP contribution in [0.2, 0.25) is 0 Å². The molecule has 0 aliphatic heterocycles. The van der Waals surface area contributed by atoms with Crippen LogP contribution in [0, 0.1) is 5.41 Å². The number of rotatable bonds is 3. The van der Waals surface area contributed by atoms with Gasteiger partial charge in [0.2, 0.25) is 0 Å². The molecule has 0 rings (SSSR count). The van der Waals surface area contributed by atoms with E-state index >= 15 is 0 Å². The molecule has 1 unspecified atom stereocenters. The van der Waals surface area contributed by atoms with E-state index in [2.05, 4.69) is 26.1 Å². The normalized spacial score (nSPS) is 15.3. The summed E-state index contributed by atoms with van der Waals surface area (Å²) in [5.41, 5.74) is 0.350. The summed E-state index contributed by atoms with van der Waals surface area (Å²) in [6.07, 6.45) is 1.06. The first kappa shape index (κ1) is 10.2. The quantitative estimate of drug-likeness (QED) is 0.630. The third kappa shape index (κ3) is 6.37. The summed E-state index contributed by atoms with van der Waals surface area (Å²) in [5, 5.41) is 3.33. The van der Waals surface area contributed by atoms with Crippen LogP contribution in [0.5, 0.6) is 0 Å². The largest absolute Gasteiger partial charge is 0.318 e. The van der Waals surface area contributed by atoms with Crippen molar-refractivity contribution >= 4 is 11.6 Å². The third-order valence-corrected chi connectivity index (χ3v) is 1.57. The second-order valence-electron chi connectivity index (χ2n) is 3.92. The number of hydrogen-bond acceptors (Lipinski definition) is 1. The fourth-order valence-corrected chi connectivity index (χ4v) is 1.58. The Kier molecular flexibility index (Phi) is 4.30. The van der Waals surface area contributed by atoms with Crippen molar-refractivity contribution < 1.29 is 0 Å². The molecule has 0 bridgehead atoms. The van der Waals surface area contributed by atoms with Gasteiger partial charge in [0, 0.05) is 11.9 Å². The second kappa shape index (κ2) is 4.20. The Bertz CT molecular complexity index is 85.7. The van der Waals surface area contributed by atoms with Crippen LogP contribution in [-0.2, 0) is 0 Å². The van der Waals surface area contributed by atoms with E-state index in [4.69, 9.17) is 11.6 Å². The minimum absolute atomic E-state index is 0.269. The maximum atomic E-state index is 6.00. The molecule has 0 saturated heterocycles. The molecule has 2 heteroatoms. The minimum Gasteiger partial charge on any atom is -0.318 e. The molecule has 0 radical (unpaired) electrons. The molecule has 1 nitrogen and oxygen atoms in total. The summed E-state index contributed by atoms with van der Waals surface area (Å²) in [4.78, 5) is 0. The highest BCUT2D eigenvalue weighted by Crippen LogP contribution is 2.22. The molecule has 0 aromatic rings. The van der Waals surface area contributed by atoms with E-state index in [9.17, 15) is 0 Å². The van der Waals surface area contributed by atoms with E-state index in [0.29, 0.717) is 5.41 Å². The average molecular weight is 164 g/mol. The van der Waals surface area contributed by atoms with Gasteiger partial charge in [0.1, 0.15) is 0 Å². The first-order valence-electron chi connectivity index (χ1n) is 3.74. The van der Waals surface area contributed by atoms with E-state index < -0.39 is 0 Å². The third-order valence-electron chi connectivity index (χ3n) is 1.26. The number of hydrogen-bond donors (Lipinski definition) is 1. The van der Waals surface area contributed by atoms with E-state index in [1.807, 2.05) is 7.05 Å². The van der Waals surface area contributed by atoms with Gasteiger partial charge in [0.15, 0.2) is 0 Å². The van der Waals surface area contributed by atoms with E-state index in [1.54, 1.807) is 0 Å². The van der Waals surface area contributed by atoms with Crippen molar-refractivity contribution in [2.45, 2.75) is 32.6 Å². The molecule has 0 aliphatic carbocycles. The van der Waals surface area contributed by atoms with Gasteiger partial charge < -0.3 is 5.32 Å². The van der Waals surface area contributed by atoms with Crippen molar-refractivity contribution in [2.75, 3.05) is 13.6 Å².